The predicted molar refractivity (Wildman–Crippen MR) is 76.8 cm³/mol. The molecule has 1 heterocycles. The molecule has 0 radical (unpaired) electrons. The zero-order chi connectivity index (χ0) is 13.1. The molecule has 1 aromatic carbocycles. The van der Waals surface area contributed by atoms with E-state index in [0.717, 1.165) is 30.2 Å². The van der Waals surface area contributed by atoms with Crippen LogP contribution in [0.4, 0.5) is 0 Å². The Kier molecular flexibility index (Phi) is 2.18. The number of hydrogen-bond acceptors (Lipinski definition) is 3. The van der Waals surface area contributed by atoms with Crippen LogP contribution >= 0.6 is 0 Å². The molecule has 3 aliphatic carbocycles. The second-order valence-corrected chi connectivity index (χ2v) is 6.74. The van der Waals surface area contributed by atoms with Crippen LogP contribution in [0.5, 0.6) is 0 Å². The standard InChI is InChI=1S/C17H19N3/c1-2-5-11(6-3-1)10-20-17-15-9-14(16(17)18-19-20)12-7-4-8-13(12)15/h1-6,8,12-17H,7,9-10H2/t12-,13+,14+,15-,16-,17+/m0/s1. The highest BCUT2D eigenvalue weighted by molar-refractivity contribution is 5.22. The molecule has 3 heteroatoms. The zero-order valence-electron chi connectivity index (χ0n) is 11.5. The Labute approximate surface area is 119 Å². The SMILES string of the molecule is C1=C[C@@H]2[C@H](C1)[C@H]1C[C@@H]2[C@@H]2[C@H]1N=NN2Cc1ccccc1. The van der Waals surface area contributed by atoms with E-state index < -0.39 is 0 Å². The lowest BCUT2D eigenvalue weighted by molar-refractivity contribution is 0.119. The molecule has 2 fully saturated rings. The molecule has 0 amide bonds. The molecule has 3 nitrogen and oxygen atoms in total. The lowest BCUT2D eigenvalue weighted by atomic mass is 9.76. The summed E-state index contributed by atoms with van der Waals surface area (Å²) in [7, 11) is 0. The maximum Gasteiger partial charge on any atom is 0.0983 e. The van der Waals surface area contributed by atoms with Crippen molar-refractivity contribution in [3.63, 3.8) is 0 Å². The molecule has 6 atom stereocenters. The number of nitrogens with zero attached hydrogens (tertiary/aromatic N) is 3. The fourth-order valence-electron chi connectivity index (χ4n) is 5.17. The normalized spacial score (nSPS) is 43.3. The molecule has 0 spiro atoms. The highest BCUT2D eigenvalue weighted by Crippen LogP contribution is 2.60. The summed E-state index contributed by atoms with van der Waals surface area (Å²) in [6, 6.07) is 11.7. The van der Waals surface area contributed by atoms with Crippen LogP contribution in [-0.4, -0.2) is 17.1 Å². The smallest absolute Gasteiger partial charge is 0.0983 e. The molecule has 4 aliphatic rings. The van der Waals surface area contributed by atoms with E-state index in [2.05, 4.69) is 57.8 Å². The second kappa shape index (κ2) is 3.94. The molecular weight excluding hydrogens is 246 g/mol. The molecule has 0 saturated heterocycles. The molecule has 0 aromatic heterocycles. The van der Waals surface area contributed by atoms with Crippen LogP contribution in [0.2, 0.25) is 0 Å². The summed E-state index contributed by atoms with van der Waals surface area (Å²) in [5, 5.41) is 11.4. The first-order valence-electron chi connectivity index (χ1n) is 7.80. The molecule has 0 unspecified atom stereocenters. The Bertz CT molecular complexity index is 579. The van der Waals surface area contributed by atoms with Crippen LogP contribution in [0.3, 0.4) is 0 Å². The van der Waals surface area contributed by atoms with E-state index in [-0.39, 0.29) is 0 Å². The van der Waals surface area contributed by atoms with Crippen molar-refractivity contribution in [3.05, 3.63) is 48.0 Å². The quantitative estimate of drug-likeness (QED) is 0.753. The van der Waals surface area contributed by atoms with Gasteiger partial charge in [0.25, 0.3) is 0 Å². The summed E-state index contributed by atoms with van der Waals surface area (Å²) < 4.78 is 0. The van der Waals surface area contributed by atoms with Crippen molar-refractivity contribution in [2.75, 3.05) is 0 Å². The van der Waals surface area contributed by atoms with Crippen molar-refractivity contribution < 1.29 is 0 Å². The Morgan fingerprint density at radius 2 is 2.00 bits per heavy atom. The van der Waals surface area contributed by atoms with Crippen LogP contribution < -0.4 is 0 Å². The van der Waals surface area contributed by atoms with E-state index >= 15 is 0 Å². The van der Waals surface area contributed by atoms with E-state index in [1.54, 1.807) is 0 Å². The Morgan fingerprint density at radius 1 is 1.10 bits per heavy atom. The lowest BCUT2D eigenvalue weighted by Crippen LogP contribution is -2.44. The summed E-state index contributed by atoms with van der Waals surface area (Å²) in [6.45, 7) is 0.913. The first-order chi connectivity index (χ1) is 9.92. The lowest BCUT2D eigenvalue weighted by Gasteiger charge is -2.35. The van der Waals surface area contributed by atoms with Gasteiger partial charge in [-0.1, -0.05) is 47.7 Å². The Hall–Kier alpha value is -1.64. The second-order valence-electron chi connectivity index (χ2n) is 6.74. The summed E-state index contributed by atoms with van der Waals surface area (Å²) in [5.74, 6) is 3.25. The van der Waals surface area contributed by atoms with Crippen LogP contribution in [0, 0.1) is 23.7 Å². The molecule has 102 valence electrons. The molecule has 1 aliphatic heterocycles. The molecule has 1 aromatic rings. The van der Waals surface area contributed by atoms with Crippen molar-refractivity contribution in [2.24, 2.45) is 34.0 Å². The van der Waals surface area contributed by atoms with Gasteiger partial charge in [0.2, 0.25) is 0 Å². The van der Waals surface area contributed by atoms with Crippen molar-refractivity contribution in [1.82, 2.24) is 5.01 Å². The minimum absolute atomic E-state index is 0.477. The van der Waals surface area contributed by atoms with Gasteiger partial charge in [0.15, 0.2) is 0 Å². The van der Waals surface area contributed by atoms with Crippen molar-refractivity contribution in [2.45, 2.75) is 31.5 Å². The van der Waals surface area contributed by atoms with Crippen molar-refractivity contribution >= 4 is 0 Å². The molecule has 2 saturated carbocycles. The summed E-state index contributed by atoms with van der Waals surface area (Å²) in [5.41, 5.74) is 1.34. The highest BCUT2D eigenvalue weighted by Gasteiger charge is 2.61. The van der Waals surface area contributed by atoms with Gasteiger partial charge < -0.3 is 0 Å². The van der Waals surface area contributed by atoms with E-state index in [0.29, 0.717) is 12.1 Å². The van der Waals surface area contributed by atoms with Crippen LogP contribution in [-0.2, 0) is 6.54 Å². The van der Waals surface area contributed by atoms with Crippen molar-refractivity contribution in [3.8, 4) is 0 Å². The molecule has 20 heavy (non-hydrogen) atoms. The monoisotopic (exact) mass is 265 g/mol. The number of fused-ring (bicyclic) bond motifs is 8. The fourth-order valence-corrected chi connectivity index (χ4v) is 5.17. The van der Waals surface area contributed by atoms with Gasteiger partial charge in [0.1, 0.15) is 0 Å². The van der Waals surface area contributed by atoms with E-state index in [9.17, 15) is 0 Å². The summed E-state index contributed by atoms with van der Waals surface area (Å²) in [4.78, 5) is 0. The topological polar surface area (TPSA) is 28.0 Å². The van der Waals surface area contributed by atoms with Gasteiger partial charge in [-0.3, -0.25) is 5.01 Å². The van der Waals surface area contributed by atoms with Gasteiger partial charge in [-0.05, 0) is 42.1 Å². The average Bonchev–Trinajstić information content (AvgIpc) is 3.18. The number of allylic oxidation sites excluding steroid dienone is 2. The molecular formula is C17H19N3. The first-order valence-corrected chi connectivity index (χ1v) is 7.80. The number of benzene rings is 1. The minimum atomic E-state index is 0.477. The van der Waals surface area contributed by atoms with Gasteiger partial charge in [0.05, 0.1) is 18.6 Å². The van der Waals surface area contributed by atoms with Crippen molar-refractivity contribution in [1.29, 1.82) is 0 Å². The van der Waals surface area contributed by atoms with Gasteiger partial charge >= 0.3 is 0 Å². The van der Waals surface area contributed by atoms with Crippen LogP contribution in [0.1, 0.15) is 18.4 Å². The number of rotatable bonds is 2. The van der Waals surface area contributed by atoms with Gasteiger partial charge in [-0.25, -0.2) is 0 Å². The van der Waals surface area contributed by atoms with E-state index in [1.807, 2.05) is 0 Å². The third-order valence-corrected chi connectivity index (χ3v) is 5.91. The fraction of sp³-hybridized carbons (Fsp3) is 0.529. The minimum Gasteiger partial charge on any atom is -0.269 e. The van der Waals surface area contributed by atoms with Gasteiger partial charge in [-0.2, -0.15) is 5.11 Å². The summed E-state index contributed by atoms with van der Waals surface area (Å²) in [6.07, 6.45) is 7.53. The third-order valence-electron chi connectivity index (χ3n) is 5.91. The maximum absolute atomic E-state index is 4.64. The average molecular weight is 265 g/mol. The van der Waals surface area contributed by atoms with E-state index in [4.69, 9.17) is 0 Å². The zero-order valence-corrected chi connectivity index (χ0v) is 11.5. The Balaban J connectivity index is 1.42. The Morgan fingerprint density at radius 3 is 2.90 bits per heavy atom. The van der Waals surface area contributed by atoms with E-state index in [1.165, 1.54) is 18.4 Å². The first kappa shape index (κ1) is 11.1. The van der Waals surface area contributed by atoms with Crippen LogP contribution in [0.25, 0.3) is 0 Å². The number of hydrogen-bond donors (Lipinski definition) is 0. The third kappa shape index (κ3) is 1.36. The highest BCUT2D eigenvalue weighted by atomic mass is 15.6. The maximum atomic E-state index is 4.64. The molecule has 2 bridgehead atoms. The van der Waals surface area contributed by atoms with Gasteiger partial charge in [-0.15, -0.1) is 0 Å². The largest absolute Gasteiger partial charge is 0.269 e. The van der Waals surface area contributed by atoms with Crippen LogP contribution in [0.15, 0.2) is 52.8 Å². The molecule has 5 rings (SSSR count). The molecule has 0 N–H and O–H groups in total. The van der Waals surface area contributed by atoms with Gasteiger partial charge in [0, 0.05) is 0 Å². The summed E-state index contributed by atoms with van der Waals surface area (Å²) >= 11 is 0. The predicted octanol–water partition coefficient (Wildman–Crippen LogP) is 3.45.